The summed E-state index contributed by atoms with van der Waals surface area (Å²) in [6.07, 6.45) is 2.42. The zero-order valence-corrected chi connectivity index (χ0v) is 17.6. The van der Waals surface area contributed by atoms with E-state index in [9.17, 15) is 4.79 Å². The molecule has 5 aromatic rings. The van der Waals surface area contributed by atoms with Crippen LogP contribution in [0.4, 0.5) is 0 Å². The van der Waals surface area contributed by atoms with Crippen LogP contribution in [-0.2, 0) is 13.0 Å². The first-order chi connectivity index (χ1) is 15.1. The minimum Gasteiger partial charge on any atom is -0.436 e. The third kappa shape index (κ3) is 3.66. The Morgan fingerprint density at radius 3 is 2.74 bits per heavy atom. The number of rotatable bonds is 5. The van der Waals surface area contributed by atoms with Crippen molar-refractivity contribution in [1.29, 1.82) is 0 Å². The zero-order chi connectivity index (χ0) is 21.4. The van der Waals surface area contributed by atoms with Gasteiger partial charge < -0.3 is 9.73 Å². The van der Waals surface area contributed by atoms with Crippen LogP contribution < -0.4 is 5.32 Å². The third-order valence-corrected chi connectivity index (χ3v) is 5.37. The van der Waals surface area contributed by atoms with Crippen molar-refractivity contribution in [2.24, 2.45) is 0 Å². The van der Waals surface area contributed by atoms with Gasteiger partial charge in [0.25, 0.3) is 5.91 Å². The summed E-state index contributed by atoms with van der Waals surface area (Å²) in [5, 5.41) is 3.58. The van der Waals surface area contributed by atoms with Crippen molar-refractivity contribution in [2.75, 3.05) is 0 Å². The molecule has 31 heavy (non-hydrogen) atoms. The molecule has 0 saturated heterocycles. The Balaban J connectivity index is 1.38. The normalized spacial score (nSPS) is 11.3. The predicted molar refractivity (Wildman–Crippen MR) is 120 cm³/mol. The highest BCUT2D eigenvalue weighted by atomic mass is 35.5. The van der Waals surface area contributed by atoms with Crippen molar-refractivity contribution in [2.45, 2.75) is 19.9 Å². The largest absolute Gasteiger partial charge is 0.436 e. The molecule has 3 heterocycles. The summed E-state index contributed by atoms with van der Waals surface area (Å²) in [6, 6.07) is 19.0. The smallest absolute Gasteiger partial charge is 0.270 e. The van der Waals surface area contributed by atoms with Crippen LogP contribution in [0.1, 0.15) is 28.7 Å². The molecule has 1 amide bonds. The molecule has 0 radical (unpaired) electrons. The monoisotopic (exact) mass is 430 g/mol. The number of aryl methyl sites for hydroxylation is 1. The van der Waals surface area contributed by atoms with Gasteiger partial charge in [0.05, 0.1) is 5.69 Å². The van der Waals surface area contributed by atoms with Gasteiger partial charge in [0.2, 0.25) is 5.89 Å². The van der Waals surface area contributed by atoms with Crippen molar-refractivity contribution in [3.05, 3.63) is 88.8 Å². The average molecular weight is 431 g/mol. The van der Waals surface area contributed by atoms with Crippen LogP contribution in [0.15, 0.2) is 71.3 Å². The summed E-state index contributed by atoms with van der Waals surface area (Å²) in [5.41, 5.74) is 5.25. The molecule has 5 rings (SSSR count). The number of carbonyl (C=O) groups is 1. The topological polar surface area (TPSA) is 72.4 Å². The van der Waals surface area contributed by atoms with E-state index in [0.717, 1.165) is 22.3 Å². The van der Waals surface area contributed by atoms with Gasteiger partial charge in [-0.3, -0.25) is 9.20 Å². The van der Waals surface area contributed by atoms with E-state index in [0.29, 0.717) is 40.8 Å². The molecule has 0 aliphatic rings. The Hall–Kier alpha value is -3.64. The van der Waals surface area contributed by atoms with E-state index in [2.05, 4.69) is 15.3 Å². The minimum absolute atomic E-state index is 0.183. The van der Waals surface area contributed by atoms with Gasteiger partial charge in [0, 0.05) is 29.4 Å². The number of aromatic nitrogens is 3. The summed E-state index contributed by atoms with van der Waals surface area (Å²) < 4.78 is 7.63. The second-order valence-corrected chi connectivity index (χ2v) is 7.64. The standard InChI is InChI=1S/C24H19ClN4O2/c1-2-18-22(29-11-10-17(25)13-21(29)27-18)23(30)26-14-15-8-9-20-19(12-15)28-24(31-20)16-6-4-3-5-7-16/h3-13H,2,14H2,1H3,(H,26,30). The van der Waals surface area contributed by atoms with Gasteiger partial charge in [-0.1, -0.05) is 42.8 Å². The first-order valence-corrected chi connectivity index (χ1v) is 10.4. The molecule has 0 bridgehead atoms. The molecule has 0 saturated carbocycles. The SMILES string of the molecule is CCc1nc2cc(Cl)ccn2c1C(=O)NCc1ccc2oc(-c3ccccc3)nc2c1. The van der Waals surface area contributed by atoms with E-state index in [1.165, 1.54) is 0 Å². The number of fused-ring (bicyclic) bond motifs is 2. The summed E-state index contributed by atoms with van der Waals surface area (Å²) in [7, 11) is 0. The van der Waals surface area contributed by atoms with E-state index in [1.807, 2.05) is 55.5 Å². The third-order valence-electron chi connectivity index (χ3n) is 5.14. The molecule has 7 heteroatoms. The summed E-state index contributed by atoms with van der Waals surface area (Å²) in [6.45, 7) is 2.34. The number of nitrogens with one attached hydrogen (secondary N) is 1. The first kappa shape index (κ1) is 19.3. The van der Waals surface area contributed by atoms with E-state index < -0.39 is 0 Å². The van der Waals surface area contributed by atoms with Crippen LogP contribution in [0.2, 0.25) is 5.02 Å². The van der Waals surface area contributed by atoms with E-state index >= 15 is 0 Å². The highest BCUT2D eigenvalue weighted by Crippen LogP contribution is 2.25. The molecule has 3 aromatic heterocycles. The zero-order valence-electron chi connectivity index (χ0n) is 16.8. The average Bonchev–Trinajstić information content (AvgIpc) is 3.38. The Labute approximate surface area is 183 Å². The number of amides is 1. The predicted octanol–water partition coefficient (Wildman–Crippen LogP) is 5.29. The molecule has 0 spiro atoms. The van der Waals surface area contributed by atoms with E-state index in [-0.39, 0.29) is 5.91 Å². The van der Waals surface area contributed by atoms with Gasteiger partial charge in [-0.25, -0.2) is 9.97 Å². The van der Waals surface area contributed by atoms with Crippen molar-refractivity contribution in [1.82, 2.24) is 19.7 Å². The maximum atomic E-state index is 13.0. The molecule has 6 nitrogen and oxygen atoms in total. The number of imidazole rings is 1. The molecule has 0 aliphatic heterocycles. The fourth-order valence-electron chi connectivity index (χ4n) is 3.61. The van der Waals surface area contributed by atoms with Crippen LogP contribution in [0.25, 0.3) is 28.2 Å². The lowest BCUT2D eigenvalue weighted by molar-refractivity contribution is 0.0944. The Morgan fingerprint density at radius 1 is 1.10 bits per heavy atom. The fraction of sp³-hybridized carbons (Fsp3) is 0.125. The van der Waals surface area contributed by atoms with Crippen molar-refractivity contribution in [3.63, 3.8) is 0 Å². The lowest BCUT2D eigenvalue weighted by Crippen LogP contribution is -2.25. The maximum Gasteiger partial charge on any atom is 0.270 e. The summed E-state index contributed by atoms with van der Waals surface area (Å²) in [4.78, 5) is 22.1. The number of pyridine rings is 1. The number of hydrogen-bond acceptors (Lipinski definition) is 4. The fourth-order valence-corrected chi connectivity index (χ4v) is 3.76. The lowest BCUT2D eigenvalue weighted by atomic mass is 10.2. The number of carbonyl (C=O) groups excluding carboxylic acids is 1. The lowest BCUT2D eigenvalue weighted by Gasteiger charge is -2.07. The van der Waals surface area contributed by atoms with Gasteiger partial charge in [-0.15, -0.1) is 0 Å². The van der Waals surface area contributed by atoms with Crippen molar-refractivity contribution >= 4 is 34.3 Å². The quantitative estimate of drug-likeness (QED) is 0.411. The van der Waals surface area contributed by atoms with Gasteiger partial charge in [-0.2, -0.15) is 0 Å². The molecule has 0 aliphatic carbocycles. The van der Waals surface area contributed by atoms with Crippen LogP contribution in [0.3, 0.4) is 0 Å². The Kier molecular flexibility index (Phi) is 4.92. The summed E-state index contributed by atoms with van der Waals surface area (Å²) in [5.74, 6) is 0.394. The Bertz CT molecular complexity index is 1410. The maximum absolute atomic E-state index is 13.0. The second-order valence-electron chi connectivity index (χ2n) is 7.20. The van der Waals surface area contributed by atoms with Crippen LogP contribution in [-0.4, -0.2) is 20.3 Å². The van der Waals surface area contributed by atoms with E-state index in [4.69, 9.17) is 16.0 Å². The summed E-state index contributed by atoms with van der Waals surface area (Å²) >= 11 is 6.07. The van der Waals surface area contributed by atoms with Crippen LogP contribution in [0.5, 0.6) is 0 Å². The number of benzene rings is 2. The van der Waals surface area contributed by atoms with Gasteiger partial charge in [0.1, 0.15) is 16.9 Å². The molecular formula is C24H19ClN4O2. The highest BCUT2D eigenvalue weighted by Gasteiger charge is 2.18. The number of nitrogens with zero attached hydrogens (tertiary/aromatic N) is 3. The molecule has 1 N–H and O–H groups in total. The van der Waals surface area contributed by atoms with E-state index in [1.54, 1.807) is 22.7 Å². The van der Waals surface area contributed by atoms with Crippen molar-refractivity contribution < 1.29 is 9.21 Å². The highest BCUT2D eigenvalue weighted by molar-refractivity contribution is 6.30. The van der Waals surface area contributed by atoms with Crippen LogP contribution in [0, 0.1) is 0 Å². The van der Waals surface area contributed by atoms with Gasteiger partial charge in [0.15, 0.2) is 5.58 Å². The minimum atomic E-state index is -0.183. The molecule has 0 fully saturated rings. The second kappa shape index (κ2) is 7.89. The molecule has 0 atom stereocenters. The van der Waals surface area contributed by atoms with Crippen LogP contribution >= 0.6 is 11.6 Å². The number of hydrogen-bond donors (Lipinski definition) is 1. The molecule has 154 valence electrons. The molecular weight excluding hydrogens is 412 g/mol. The van der Waals surface area contributed by atoms with Crippen molar-refractivity contribution in [3.8, 4) is 11.5 Å². The Morgan fingerprint density at radius 2 is 1.94 bits per heavy atom. The van der Waals surface area contributed by atoms with Gasteiger partial charge in [-0.05, 0) is 42.3 Å². The van der Waals surface area contributed by atoms with Gasteiger partial charge >= 0.3 is 0 Å². The molecule has 0 unspecified atom stereocenters. The number of halogens is 1. The molecule has 2 aromatic carbocycles. The first-order valence-electron chi connectivity index (χ1n) is 10.0. The number of oxazole rings is 1.